The maximum absolute atomic E-state index is 12.0. The maximum Gasteiger partial charge on any atom is 0.354 e. The van der Waals surface area contributed by atoms with Crippen LogP contribution in [-0.2, 0) is 20.9 Å². The van der Waals surface area contributed by atoms with E-state index in [1.54, 1.807) is 12.1 Å². The number of aliphatic hydroxyl groups is 1. The summed E-state index contributed by atoms with van der Waals surface area (Å²) in [4.78, 5) is 11.8. The molecule has 2 aromatic carbocycles. The van der Waals surface area contributed by atoms with Gasteiger partial charge in [0.25, 0.3) is 0 Å². The van der Waals surface area contributed by atoms with Crippen LogP contribution in [0.5, 0.6) is 0 Å². The van der Waals surface area contributed by atoms with Crippen molar-refractivity contribution < 1.29 is 22.5 Å². The number of carbonyl (C=O) groups excluding carboxylic acids is 1. The van der Waals surface area contributed by atoms with Crippen molar-refractivity contribution in [3.63, 3.8) is 0 Å². The van der Waals surface area contributed by atoms with E-state index in [1.165, 1.54) is 36.4 Å². The predicted octanol–water partition coefficient (Wildman–Crippen LogP) is 2.03. The second kappa shape index (κ2) is 6.07. The Bertz CT molecular complexity index is 731. The lowest BCUT2D eigenvalue weighted by Gasteiger charge is -2.06. The molecule has 21 heavy (non-hydrogen) atoms. The Hall–Kier alpha value is -2.18. The van der Waals surface area contributed by atoms with E-state index >= 15 is 0 Å². The molecular formula is C15H14O5S. The average molecular weight is 306 g/mol. The van der Waals surface area contributed by atoms with Crippen molar-refractivity contribution in [3.8, 4) is 0 Å². The average Bonchev–Trinajstić information content (AvgIpc) is 2.47. The molecule has 0 atom stereocenters. The summed E-state index contributed by atoms with van der Waals surface area (Å²) in [5.41, 5.74) is 1.62. The maximum atomic E-state index is 12.0. The van der Waals surface area contributed by atoms with E-state index in [1.807, 2.05) is 6.92 Å². The van der Waals surface area contributed by atoms with Crippen LogP contribution in [0.4, 0.5) is 0 Å². The highest BCUT2D eigenvalue weighted by atomic mass is 32.2. The first-order chi connectivity index (χ1) is 9.92. The fourth-order valence-corrected chi connectivity index (χ4v) is 2.51. The van der Waals surface area contributed by atoms with Crippen molar-refractivity contribution in [1.29, 1.82) is 0 Å². The molecule has 0 aromatic heterocycles. The Morgan fingerprint density at radius 2 is 1.62 bits per heavy atom. The van der Waals surface area contributed by atoms with Gasteiger partial charge in [0, 0.05) is 0 Å². The monoisotopic (exact) mass is 306 g/mol. The molecule has 0 bridgehead atoms. The molecule has 0 heterocycles. The Balaban J connectivity index is 2.19. The normalized spacial score (nSPS) is 11.1. The van der Waals surface area contributed by atoms with Crippen molar-refractivity contribution in [2.45, 2.75) is 18.4 Å². The highest BCUT2D eigenvalue weighted by Crippen LogP contribution is 2.15. The zero-order valence-electron chi connectivity index (χ0n) is 11.3. The minimum atomic E-state index is -4.14. The molecule has 110 valence electrons. The standard InChI is InChI=1S/C15H14O5S/c1-11-2-8-14(9-3-11)21(18,19)20-15(17)13-6-4-12(10-16)5-7-13/h2-9,16H,10H2,1H3. The molecule has 6 heteroatoms. The summed E-state index contributed by atoms with van der Waals surface area (Å²) in [6, 6.07) is 11.9. The predicted molar refractivity (Wildman–Crippen MR) is 76.1 cm³/mol. The number of benzene rings is 2. The third-order valence-electron chi connectivity index (χ3n) is 2.87. The quantitative estimate of drug-likeness (QED) is 0.874. The first kappa shape index (κ1) is 15.2. The summed E-state index contributed by atoms with van der Waals surface area (Å²) in [6.45, 7) is 1.67. The van der Waals surface area contributed by atoms with Gasteiger partial charge in [-0.3, -0.25) is 0 Å². The van der Waals surface area contributed by atoms with Gasteiger partial charge < -0.3 is 9.29 Å². The van der Waals surface area contributed by atoms with Crippen LogP contribution in [0.3, 0.4) is 0 Å². The molecule has 0 unspecified atom stereocenters. The summed E-state index contributed by atoms with van der Waals surface area (Å²) in [7, 11) is -4.14. The van der Waals surface area contributed by atoms with Crippen LogP contribution in [0.15, 0.2) is 53.4 Å². The van der Waals surface area contributed by atoms with Gasteiger partial charge in [0.05, 0.1) is 12.2 Å². The van der Waals surface area contributed by atoms with Crippen LogP contribution >= 0.6 is 0 Å². The summed E-state index contributed by atoms with van der Waals surface area (Å²) in [5, 5.41) is 8.91. The Morgan fingerprint density at radius 3 is 2.14 bits per heavy atom. The van der Waals surface area contributed by atoms with Gasteiger partial charge >= 0.3 is 16.1 Å². The first-order valence-corrected chi connectivity index (χ1v) is 7.58. The van der Waals surface area contributed by atoms with Crippen LogP contribution in [-0.4, -0.2) is 19.5 Å². The van der Waals surface area contributed by atoms with E-state index in [-0.39, 0.29) is 17.1 Å². The van der Waals surface area contributed by atoms with Gasteiger partial charge in [-0.2, -0.15) is 8.42 Å². The van der Waals surface area contributed by atoms with Gasteiger partial charge in [-0.05, 0) is 36.8 Å². The van der Waals surface area contributed by atoms with Crippen molar-refractivity contribution in [2.24, 2.45) is 0 Å². The van der Waals surface area contributed by atoms with Crippen molar-refractivity contribution in [3.05, 3.63) is 65.2 Å². The highest BCUT2D eigenvalue weighted by molar-refractivity contribution is 7.87. The Kier molecular flexibility index (Phi) is 4.40. The van der Waals surface area contributed by atoms with E-state index in [0.29, 0.717) is 5.56 Å². The topological polar surface area (TPSA) is 80.7 Å². The third-order valence-corrected chi connectivity index (χ3v) is 4.09. The van der Waals surface area contributed by atoms with Gasteiger partial charge in [0.1, 0.15) is 4.90 Å². The number of rotatable bonds is 4. The van der Waals surface area contributed by atoms with E-state index in [0.717, 1.165) is 5.56 Å². The molecule has 0 saturated carbocycles. The molecular weight excluding hydrogens is 292 g/mol. The Labute approximate surface area is 122 Å². The van der Waals surface area contributed by atoms with E-state index < -0.39 is 16.1 Å². The molecule has 5 nitrogen and oxygen atoms in total. The molecule has 2 rings (SSSR count). The van der Waals surface area contributed by atoms with Crippen LogP contribution in [0.25, 0.3) is 0 Å². The molecule has 2 aromatic rings. The molecule has 0 radical (unpaired) electrons. The summed E-state index contributed by atoms with van der Waals surface area (Å²) in [5.74, 6) is -0.958. The van der Waals surface area contributed by atoms with Crippen molar-refractivity contribution in [1.82, 2.24) is 0 Å². The SMILES string of the molecule is Cc1ccc(S(=O)(=O)OC(=O)c2ccc(CO)cc2)cc1. The molecule has 1 N–H and O–H groups in total. The zero-order chi connectivity index (χ0) is 15.5. The van der Waals surface area contributed by atoms with E-state index in [4.69, 9.17) is 5.11 Å². The largest absolute Gasteiger partial charge is 0.392 e. The zero-order valence-corrected chi connectivity index (χ0v) is 12.1. The molecule has 0 aliphatic rings. The lowest BCUT2D eigenvalue weighted by Crippen LogP contribution is -2.13. The fraction of sp³-hybridized carbons (Fsp3) is 0.133. The summed E-state index contributed by atoms with van der Waals surface area (Å²) in [6.07, 6.45) is 0. The lowest BCUT2D eigenvalue weighted by atomic mass is 10.1. The van der Waals surface area contributed by atoms with E-state index in [2.05, 4.69) is 4.18 Å². The number of hydrogen-bond donors (Lipinski definition) is 1. The van der Waals surface area contributed by atoms with Gasteiger partial charge in [-0.1, -0.05) is 29.8 Å². The molecule has 0 amide bonds. The molecule has 0 aliphatic carbocycles. The smallest absolute Gasteiger partial charge is 0.354 e. The van der Waals surface area contributed by atoms with Gasteiger partial charge in [0.15, 0.2) is 0 Å². The van der Waals surface area contributed by atoms with Crippen LogP contribution in [0, 0.1) is 6.92 Å². The van der Waals surface area contributed by atoms with Crippen molar-refractivity contribution in [2.75, 3.05) is 0 Å². The second-order valence-corrected chi connectivity index (χ2v) is 6.04. The molecule has 0 aliphatic heterocycles. The number of carbonyl (C=O) groups is 1. The van der Waals surface area contributed by atoms with E-state index in [9.17, 15) is 13.2 Å². The number of aliphatic hydroxyl groups excluding tert-OH is 1. The minimum Gasteiger partial charge on any atom is -0.392 e. The number of aryl methyl sites for hydroxylation is 1. The summed E-state index contributed by atoms with van der Waals surface area (Å²) < 4.78 is 28.5. The second-order valence-electron chi connectivity index (χ2n) is 4.49. The highest BCUT2D eigenvalue weighted by Gasteiger charge is 2.21. The summed E-state index contributed by atoms with van der Waals surface area (Å²) >= 11 is 0. The van der Waals surface area contributed by atoms with Crippen LogP contribution < -0.4 is 0 Å². The van der Waals surface area contributed by atoms with Crippen LogP contribution in [0.2, 0.25) is 0 Å². The minimum absolute atomic E-state index is 0.0755. The Morgan fingerprint density at radius 1 is 1.05 bits per heavy atom. The molecule has 0 saturated heterocycles. The number of hydrogen-bond acceptors (Lipinski definition) is 5. The first-order valence-electron chi connectivity index (χ1n) is 6.17. The van der Waals surface area contributed by atoms with Crippen LogP contribution in [0.1, 0.15) is 21.5 Å². The van der Waals surface area contributed by atoms with Gasteiger partial charge in [0.2, 0.25) is 0 Å². The molecule has 0 spiro atoms. The fourth-order valence-electron chi connectivity index (χ4n) is 1.65. The van der Waals surface area contributed by atoms with Gasteiger partial charge in [-0.15, -0.1) is 0 Å². The van der Waals surface area contributed by atoms with Gasteiger partial charge in [-0.25, -0.2) is 4.79 Å². The van der Waals surface area contributed by atoms with Crippen molar-refractivity contribution >= 4 is 16.1 Å². The lowest BCUT2D eigenvalue weighted by molar-refractivity contribution is 0.0746. The third kappa shape index (κ3) is 3.68. The molecule has 0 fully saturated rings.